The monoisotopic (exact) mass is 478 g/mol. The van der Waals surface area contributed by atoms with Crippen LogP contribution in [0.3, 0.4) is 0 Å². The number of nitrogens with one attached hydrogen (secondary N) is 1. The summed E-state index contributed by atoms with van der Waals surface area (Å²) in [6.07, 6.45) is 0. The van der Waals surface area contributed by atoms with Crippen LogP contribution in [0.2, 0.25) is 5.02 Å². The predicted octanol–water partition coefficient (Wildman–Crippen LogP) is 6.31. The molecule has 4 aromatic rings. The molecule has 0 spiro atoms. The van der Waals surface area contributed by atoms with Gasteiger partial charge in [0, 0.05) is 21.2 Å². The fourth-order valence-electron chi connectivity index (χ4n) is 3.78. The average molecular weight is 479 g/mol. The molecule has 0 fully saturated rings. The van der Waals surface area contributed by atoms with Crippen LogP contribution in [0, 0.1) is 0 Å². The molecular weight excluding hydrogens is 460 g/mol. The summed E-state index contributed by atoms with van der Waals surface area (Å²) in [5.74, 6) is 0.949. The Labute approximate surface area is 200 Å². The fraction of sp³-hybridized carbons (Fsp3) is 0.125. The summed E-state index contributed by atoms with van der Waals surface area (Å²) >= 11 is 13.6. The molecule has 0 bridgehead atoms. The van der Waals surface area contributed by atoms with E-state index in [2.05, 4.69) is 45.9 Å². The van der Waals surface area contributed by atoms with Gasteiger partial charge in [0.05, 0.1) is 18.2 Å². The lowest BCUT2D eigenvalue weighted by atomic mass is 9.95. The maximum atomic E-state index is 6.15. The molecule has 5 rings (SSSR count). The number of allylic oxidation sites excluding steroid dienone is 1. The molecule has 5 nitrogen and oxygen atoms in total. The molecule has 1 N–H and O–H groups in total. The van der Waals surface area contributed by atoms with Crippen LogP contribution >= 0.6 is 35.2 Å². The molecule has 1 unspecified atom stereocenters. The molecule has 0 aliphatic carbocycles. The van der Waals surface area contributed by atoms with Crippen molar-refractivity contribution in [1.82, 2.24) is 20.4 Å². The van der Waals surface area contributed by atoms with Gasteiger partial charge in [-0.25, -0.2) is 0 Å². The number of thiocarbonyl (C=S) groups is 1. The molecule has 8 heteroatoms. The zero-order valence-electron chi connectivity index (χ0n) is 17.2. The second kappa shape index (κ2) is 8.86. The highest BCUT2D eigenvalue weighted by molar-refractivity contribution is 7.80. The number of nitrogens with zero attached hydrogens (tertiary/aromatic N) is 3. The standard InChI is InChI=1S/C24H19ClN4OS2/c1-15-20(23-27-22(28-30-23)17-9-5-10-18(25)13-17)21(16-7-3-2-4-8-16)26-24(31)29(15)14-19-11-6-12-32-19/h2-13,21H,14H2,1H3,(H,26,31). The van der Waals surface area contributed by atoms with Gasteiger partial charge in [-0.3, -0.25) is 0 Å². The van der Waals surface area contributed by atoms with E-state index >= 15 is 0 Å². The average Bonchev–Trinajstić information content (AvgIpc) is 3.49. The van der Waals surface area contributed by atoms with E-state index in [1.807, 2.05) is 48.5 Å². The third kappa shape index (κ3) is 4.07. The van der Waals surface area contributed by atoms with E-state index in [-0.39, 0.29) is 6.04 Å². The van der Waals surface area contributed by atoms with Crippen molar-refractivity contribution in [2.24, 2.45) is 0 Å². The maximum Gasteiger partial charge on any atom is 0.258 e. The Morgan fingerprint density at radius 2 is 1.97 bits per heavy atom. The number of thiophene rings is 1. The van der Waals surface area contributed by atoms with Crippen molar-refractivity contribution in [3.05, 3.63) is 99.2 Å². The first kappa shape index (κ1) is 20.9. The minimum absolute atomic E-state index is 0.198. The Hall–Kier alpha value is -3.00. The predicted molar refractivity (Wildman–Crippen MR) is 132 cm³/mol. The smallest absolute Gasteiger partial charge is 0.258 e. The second-order valence-electron chi connectivity index (χ2n) is 7.39. The molecule has 0 radical (unpaired) electrons. The third-order valence-electron chi connectivity index (χ3n) is 5.36. The number of aromatic nitrogens is 2. The summed E-state index contributed by atoms with van der Waals surface area (Å²) in [4.78, 5) is 8.03. The summed E-state index contributed by atoms with van der Waals surface area (Å²) < 4.78 is 5.77. The molecular formula is C24H19ClN4OS2. The number of hydrogen-bond acceptors (Lipinski definition) is 5. The minimum atomic E-state index is -0.198. The van der Waals surface area contributed by atoms with Gasteiger partial charge in [-0.15, -0.1) is 11.3 Å². The van der Waals surface area contributed by atoms with Crippen molar-refractivity contribution in [3.8, 4) is 11.4 Å². The Morgan fingerprint density at radius 3 is 2.72 bits per heavy atom. The fourth-order valence-corrected chi connectivity index (χ4v) is 4.98. The zero-order valence-corrected chi connectivity index (χ0v) is 19.5. The first-order chi connectivity index (χ1) is 15.6. The number of hydrogen-bond donors (Lipinski definition) is 1. The SMILES string of the molecule is CC1=C(c2nc(-c3cccc(Cl)c3)no2)C(c2ccccc2)NC(=S)N1Cc1cccs1. The van der Waals surface area contributed by atoms with Crippen molar-refractivity contribution >= 4 is 45.8 Å². The highest BCUT2D eigenvalue weighted by Crippen LogP contribution is 2.38. The van der Waals surface area contributed by atoms with Gasteiger partial charge < -0.3 is 14.7 Å². The van der Waals surface area contributed by atoms with Crippen LogP contribution in [-0.2, 0) is 6.54 Å². The van der Waals surface area contributed by atoms with Gasteiger partial charge in [-0.05, 0) is 48.3 Å². The van der Waals surface area contributed by atoms with Gasteiger partial charge in [-0.2, -0.15) is 4.98 Å². The molecule has 32 heavy (non-hydrogen) atoms. The summed E-state index contributed by atoms with van der Waals surface area (Å²) in [5, 5.41) is 11.1. The molecule has 0 amide bonds. The second-order valence-corrected chi connectivity index (χ2v) is 9.25. The van der Waals surface area contributed by atoms with E-state index in [9.17, 15) is 0 Å². The molecule has 0 saturated carbocycles. The first-order valence-corrected chi connectivity index (χ1v) is 11.7. The van der Waals surface area contributed by atoms with Crippen LogP contribution in [-0.4, -0.2) is 20.2 Å². The van der Waals surface area contributed by atoms with Crippen molar-refractivity contribution in [2.45, 2.75) is 19.5 Å². The van der Waals surface area contributed by atoms with Gasteiger partial charge >= 0.3 is 0 Å². The van der Waals surface area contributed by atoms with Crippen LogP contribution in [0.5, 0.6) is 0 Å². The number of rotatable bonds is 5. The van der Waals surface area contributed by atoms with E-state index < -0.39 is 0 Å². The summed E-state index contributed by atoms with van der Waals surface area (Å²) in [7, 11) is 0. The van der Waals surface area contributed by atoms with E-state index in [4.69, 9.17) is 33.3 Å². The zero-order chi connectivity index (χ0) is 22.1. The van der Waals surface area contributed by atoms with E-state index in [0.717, 1.165) is 22.4 Å². The van der Waals surface area contributed by atoms with Crippen LogP contribution in [0.25, 0.3) is 17.0 Å². The van der Waals surface area contributed by atoms with Crippen molar-refractivity contribution < 1.29 is 4.52 Å². The molecule has 0 saturated heterocycles. The summed E-state index contributed by atoms with van der Waals surface area (Å²) in [6, 6.07) is 21.5. The summed E-state index contributed by atoms with van der Waals surface area (Å²) in [5.41, 5.74) is 3.76. The van der Waals surface area contributed by atoms with Crippen molar-refractivity contribution in [1.29, 1.82) is 0 Å². The lowest BCUT2D eigenvalue weighted by molar-refractivity contribution is 0.396. The highest BCUT2D eigenvalue weighted by Gasteiger charge is 2.34. The van der Waals surface area contributed by atoms with Crippen molar-refractivity contribution in [3.63, 3.8) is 0 Å². The lowest BCUT2D eigenvalue weighted by Gasteiger charge is -2.37. The third-order valence-corrected chi connectivity index (χ3v) is 6.80. The number of benzene rings is 2. The lowest BCUT2D eigenvalue weighted by Crippen LogP contribution is -2.45. The minimum Gasteiger partial charge on any atom is -0.351 e. The highest BCUT2D eigenvalue weighted by atomic mass is 35.5. The molecule has 1 aliphatic heterocycles. The topological polar surface area (TPSA) is 54.2 Å². The maximum absolute atomic E-state index is 6.15. The van der Waals surface area contributed by atoms with Crippen LogP contribution in [0.4, 0.5) is 0 Å². The molecule has 3 heterocycles. The van der Waals surface area contributed by atoms with Crippen LogP contribution in [0.15, 0.2) is 82.3 Å². The van der Waals surface area contributed by atoms with E-state index in [0.29, 0.717) is 28.4 Å². The molecule has 1 atom stereocenters. The first-order valence-electron chi connectivity index (χ1n) is 10.1. The molecule has 160 valence electrons. The van der Waals surface area contributed by atoms with Gasteiger partial charge in [0.15, 0.2) is 5.11 Å². The van der Waals surface area contributed by atoms with Crippen LogP contribution in [0.1, 0.15) is 29.3 Å². The number of halogens is 1. The van der Waals surface area contributed by atoms with Crippen molar-refractivity contribution in [2.75, 3.05) is 0 Å². The Bertz CT molecular complexity index is 1280. The quantitative estimate of drug-likeness (QED) is 0.339. The molecule has 1 aliphatic rings. The molecule has 2 aromatic heterocycles. The van der Waals surface area contributed by atoms with E-state index in [1.54, 1.807) is 11.3 Å². The van der Waals surface area contributed by atoms with Crippen LogP contribution < -0.4 is 5.32 Å². The van der Waals surface area contributed by atoms with Gasteiger partial charge in [0.25, 0.3) is 5.89 Å². The molecule has 2 aromatic carbocycles. The van der Waals surface area contributed by atoms with Gasteiger partial charge in [0.2, 0.25) is 5.82 Å². The van der Waals surface area contributed by atoms with E-state index in [1.165, 1.54) is 4.88 Å². The summed E-state index contributed by atoms with van der Waals surface area (Å²) in [6.45, 7) is 2.73. The van der Waals surface area contributed by atoms with Gasteiger partial charge in [0.1, 0.15) is 0 Å². The van der Waals surface area contributed by atoms with Gasteiger partial charge in [-0.1, -0.05) is 65.3 Å². The Morgan fingerprint density at radius 1 is 1.12 bits per heavy atom. The Balaban J connectivity index is 1.60. The normalized spacial score (nSPS) is 16.4. The Kier molecular flexibility index (Phi) is 5.78. The largest absolute Gasteiger partial charge is 0.351 e.